The highest BCUT2D eigenvalue weighted by molar-refractivity contribution is 6.06. The van der Waals surface area contributed by atoms with E-state index in [1.54, 1.807) is 12.3 Å². The minimum absolute atomic E-state index is 0.229. The summed E-state index contributed by atoms with van der Waals surface area (Å²) in [7, 11) is 0. The van der Waals surface area contributed by atoms with Gasteiger partial charge < -0.3 is 10.1 Å². The van der Waals surface area contributed by atoms with E-state index in [9.17, 15) is 9.59 Å². The molecule has 5 heteroatoms. The minimum atomic E-state index is -0.491. The lowest BCUT2D eigenvalue weighted by atomic mass is 10.1. The van der Waals surface area contributed by atoms with Crippen LogP contribution >= 0.6 is 0 Å². The molecule has 1 N–H and O–H groups in total. The molecule has 0 saturated carbocycles. The van der Waals surface area contributed by atoms with Gasteiger partial charge in [0.05, 0.1) is 11.6 Å². The van der Waals surface area contributed by atoms with Crippen molar-refractivity contribution in [3.05, 3.63) is 42.1 Å². The van der Waals surface area contributed by atoms with Crippen LogP contribution in [0.1, 0.15) is 30.1 Å². The molecule has 1 fully saturated rings. The molecule has 1 aliphatic heterocycles. The van der Waals surface area contributed by atoms with E-state index in [1.807, 2.05) is 24.3 Å². The molecule has 3 rings (SSSR count). The Morgan fingerprint density at radius 3 is 3.04 bits per heavy atom. The van der Waals surface area contributed by atoms with Gasteiger partial charge in [-0.1, -0.05) is 12.1 Å². The van der Waals surface area contributed by atoms with Gasteiger partial charge in [-0.25, -0.2) is 0 Å². The molecule has 120 valence electrons. The van der Waals surface area contributed by atoms with Crippen molar-refractivity contribution in [1.29, 1.82) is 0 Å². The summed E-state index contributed by atoms with van der Waals surface area (Å²) in [6, 6.07) is 9.10. The highest BCUT2D eigenvalue weighted by atomic mass is 16.2. The van der Waals surface area contributed by atoms with Crippen molar-refractivity contribution in [3.63, 3.8) is 0 Å². The number of benzene rings is 1. The molecule has 23 heavy (non-hydrogen) atoms. The van der Waals surface area contributed by atoms with E-state index in [-0.39, 0.29) is 5.91 Å². The zero-order valence-corrected chi connectivity index (χ0v) is 13.2. The fourth-order valence-electron chi connectivity index (χ4n) is 3.19. The summed E-state index contributed by atoms with van der Waals surface area (Å²) in [5.41, 5.74) is 1.33. The van der Waals surface area contributed by atoms with Gasteiger partial charge in [-0.3, -0.25) is 14.7 Å². The van der Waals surface area contributed by atoms with Crippen molar-refractivity contribution < 1.29 is 9.59 Å². The van der Waals surface area contributed by atoms with Crippen LogP contribution in [0.4, 0.5) is 0 Å². The lowest BCUT2D eigenvalue weighted by Crippen LogP contribution is -2.45. The van der Waals surface area contributed by atoms with Crippen LogP contribution in [0.5, 0.6) is 0 Å². The van der Waals surface area contributed by atoms with Gasteiger partial charge in [-0.2, -0.15) is 0 Å². The van der Waals surface area contributed by atoms with Crippen LogP contribution in [0.3, 0.4) is 0 Å². The standard InChI is InChI=1S/C18H21N3O2/c1-13-5-4-10-21(13)11-14(12-22)20-18(23)16-6-2-8-17-15(16)7-3-9-19-17/h2-3,6-9,12-14H,4-5,10-11H2,1H3,(H,20,23)/t13-,14?/m1/s1. The minimum Gasteiger partial charge on any atom is -0.341 e. The van der Waals surface area contributed by atoms with Gasteiger partial charge in [0.25, 0.3) is 5.91 Å². The van der Waals surface area contributed by atoms with Crippen LogP contribution in [0, 0.1) is 0 Å². The van der Waals surface area contributed by atoms with Gasteiger partial charge >= 0.3 is 0 Å². The third-order valence-electron chi connectivity index (χ3n) is 4.49. The number of aromatic nitrogens is 1. The smallest absolute Gasteiger partial charge is 0.252 e. The molecule has 1 amide bonds. The first-order chi connectivity index (χ1) is 11.2. The molecule has 1 aromatic heterocycles. The number of hydrogen-bond acceptors (Lipinski definition) is 4. The lowest BCUT2D eigenvalue weighted by molar-refractivity contribution is -0.109. The summed E-state index contributed by atoms with van der Waals surface area (Å²) >= 11 is 0. The lowest BCUT2D eigenvalue weighted by Gasteiger charge is -2.24. The number of aldehydes is 1. The van der Waals surface area contributed by atoms with Crippen LogP contribution in [0.25, 0.3) is 10.9 Å². The maximum atomic E-state index is 12.6. The van der Waals surface area contributed by atoms with Crippen molar-refractivity contribution in [2.45, 2.75) is 31.8 Å². The topological polar surface area (TPSA) is 62.3 Å². The summed E-state index contributed by atoms with van der Waals surface area (Å²) in [6.45, 7) is 3.71. The summed E-state index contributed by atoms with van der Waals surface area (Å²) in [5, 5.41) is 3.64. The van der Waals surface area contributed by atoms with Gasteiger partial charge in [-0.05, 0) is 44.5 Å². The fraction of sp³-hybridized carbons (Fsp3) is 0.389. The number of pyridine rings is 1. The molecule has 0 bridgehead atoms. The van der Waals surface area contributed by atoms with E-state index in [1.165, 1.54) is 0 Å². The summed E-state index contributed by atoms with van der Waals surface area (Å²) in [6.07, 6.45) is 4.82. The Morgan fingerprint density at radius 1 is 1.43 bits per heavy atom. The Bertz CT molecular complexity index is 711. The summed E-state index contributed by atoms with van der Waals surface area (Å²) in [5.74, 6) is -0.229. The van der Waals surface area contributed by atoms with Gasteiger partial charge in [-0.15, -0.1) is 0 Å². The van der Waals surface area contributed by atoms with Crippen molar-refractivity contribution in [2.75, 3.05) is 13.1 Å². The quantitative estimate of drug-likeness (QED) is 0.858. The number of likely N-dealkylation sites (tertiary alicyclic amines) is 1. The molecular weight excluding hydrogens is 290 g/mol. The predicted molar refractivity (Wildman–Crippen MR) is 89.3 cm³/mol. The van der Waals surface area contributed by atoms with Crippen molar-refractivity contribution in [3.8, 4) is 0 Å². The SMILES string of the molecule is C[C@@H]1CCCN1CC(C=O)NC(=O)c1cccc2ncccc12. The average Bonchev–Trinajstić information content (AvgIpc) is 2.98. The molecule has 2 atom stereocenters. The van der Waals surface area contributed by atoms with Crippen LogP contribution < -0.4 is 5.32 Å². The first-order valence-corrected chi connectivity index (χ1v) is 8.03. The molecule has 0 spiro atoms. The number of rotatable bonds is 5. The second-order valence-corrected chi connectivity index (χ2v) is 6.08. The van der Waals surface area contributed by atoms with Crippen molar-refractivity contribution in [1.82, 2.24) is 15.2 Å². The second kappa shape index (κ2) is 6.87. The number of nitrogens with one attached hydrogen (secondary N) is 1. The van der Waals surface area contributed by atoms with Gasteiger partial charge in [0.15, 0.2) is 0 Å². The zero-order chi connectivity index (χ0) is 16.2. The van der Waals surface area contributed by atoms with Crippen LogP contribution in [-0.2, 0) is 4.79 Å². The number of carbonyl (C=O) groups excluding carboxylic acids is 2. The Balaban J connectivity index is 1.75. The van der Waals surface area contributed by atoms with Gasteiger partial charge in [0.1, 0.15) is 6.29 Å². The zero-order valence-electron chi connectivity index (χ0n) is 13.2. The first-order valence-electron chi connectivity index (χ1n) is 8.03. The normalized spacial score (nSPS) is 19.6. The van der Waals surface area contributed by atoms with Gasteiger partial charge in [0, 0.05) is 29.7 Å². The van der Waals surface area contributed by atoms with Crippen LogP contribution in [0.2, 0.25) is 0 Å². The van der Waals surface area contributed by atoms with Crippen molar-refractivity contribution in [2.24, 2.45) is 0 Å². The summed E-state index contributed by atoms with van der Waals surface area (Å²) < 4.78 is 0. The monoisotopic (exact) mass is 311 g/mol. The molecule has 1 aliphatic rings. The van der Waals surface area contributed by atoms with Crippen LogP contribution in [0.15, 0.2) is 36.5 Å². The van der Waals surface area contributed by atoms with E-state index < -0.39 is 6.04 Å². The average molecular weight is 311 g/mol. The Kier molecular flexibility index (Phi) is 4.67. The largest absolute Gasteiger partial charge is 0.341 e. The number of hydrogen-bond donors (Lipinski definition) is 1. The Morgan fingerprint density at radius 2 is 2.30 bits per heavy atom. The second-order valence-electron chi connectivity index (χ2n) is 6.08. The highest BCUT2D eigenvalue weighted by Gasteiger charge is 2.24. The molecule has 1 aromatic carbocycles. The highest BCUT2D eigenvalue weighted by Crippen LogP contribution is 2.18. The Hall–Kier alpha value is -2.27. The molecule has 1 saturated heterocycles. The fourth-order valence-corrected chi connectivity index (χ4v) is 3.19. The number of amides is 1. The van der Waals surface area contributed by atoms with E-state index in [2.05, 4.69) is 22.1 Å². The van der Waals surface area contributed by atoms with Crippen molar-refractivity contribution >= 4 is 23.1 Å². The van der Waals surface area contributed by atoms with E-state index in [0.717, 1.165) is 36.6 Å². The molecule has 0 radical (unpaired) electrons. The third-order valence-corrected chi connectivity index (χ3v) is 4.49. The molecule has 5 nitrogen and oxygen atoms in total. The first kappa shape index (κ1) is 15.6. The Labute approximate surface area is 135 Å². The number of nitrogens with zero attached hydrogens (tertiary/aromatic N) is 2. The van der Waals surface area contributed by atoms with E-state index >= 15 is 0 Å². The van der Waals surface area contributed by atoms with E-state index in [4.69, 9.17) is 0 Å². The number of carbonyl (C=O) groups is 2. The molecule has 2 aromatic rings. The molecule has 1 unspecified atom stereocenters. The number of fused-ring (bicyclic) bond motifs is 1. The van der Waals surface area contributed by atoms with Crippen LogP contribution in [-0.4, -0.2) is 47.3 Å². The molecular formula is C18H21N3O2. The maximum absolute atomic E-state index is 12.6. The third kappa shape index (κ3) is 3.40. The predicted octanol–water partition coefficient (Wildman–Crippen LogP) is 2.02. The molecule has 0 aliphatic carbocycles. The summed E-state index contributed by atoms with van der Waals surface area (Å²) in [4.78, 5) is 30.5. The maximum Gasteiger partial charge on any atom is 0.252 e. The van der Waals surface area contributed by atoms with Gasteiger partial charge in [0.2, 0.25) is 0 Å². The molecule has 2 heterocycles. The van der Waals surface area contributed by atoms with E-state index in [0.29, 0.717) is 18.2 Å².